The Kier molecular flexibility index (Phi) is 5.07. The number of rotatable bonds is 1. The van der Waals surface area contributed by atoms with Crippen molar-refractivity contribution in [2.75, 3.05) is 0 Å². The Morgan fingerprint density at radius 1 is 1.25 bits per heavy atom. The Hall–Kier alpha value is 1.19. The first-order valence-electron chi connectivity index (χ1n) is 3.18. The quantitative estimate of drug-likeness (QED) is 0.553. The van der Waals surface area contributed by atoms with Gasteiger partial charge < -0.3 is 12.9 Å². The molecule has 1 heterocycles. The Bertz CT molecular complexity index is 268. The largest absolute Gasteiger partial charge is 1.00 e. The van der Waals surface area contributed by atoms with Crippen LogP contribution in [0.4, 0.5) is 12.9 Å². The van der Waals surface area contributed by atoms with E-state index in [0.29, 0.717) is 5.56 Å². The first kappa shape index (κ1) is 13.2. The van der Waals surface area contributed by atoms with Crippen LogP contribution >= 0.6 is 11.3 Å². The summed E-state index contributed by atoms with van der Waals surface area (Å²) in [6.45, 7) is -1.61. The molecule has 0 bridgehead atoms. The van der Waals surface area contributed by atoms with E-state index in [1.165, 1.54) is 6.92 Å². The van der Waals surface area contributed by atoms with Crippen molar-refractivity contribution in [2.45, 2.75) is 13.8 Å². The van der Waals surface area contributed by atoms with Crippen LogP contribution in [0.3, 0.4) is 0 Å². The van der Waals surface area contributed by atoms with Gasteiger partial charge in [-0.25, -0.2) is 0 Å². The molecule has 0 aliphatic rings. The number of hydrogen-bond donors (Lipinski definition) is 0. The molecule has 1 aromatic heterocycles. The minimum absolute atomic E-state index is 0. The molecule has 0 radical (unpaired) electrons. The topological polar surface area (TPSA) is 0 Å². The molecule has 0 fully saturated rings. The first-order chi connectivity index (χ1) is 4.91. The fraction of sp³-hybridized carbons (Fsp3) is 0.333. The molecule has 0 saturated heterocycles. The van der Waals surface area contributed by atoms with Crippen LogP contribution in [0.1, 0.15) is 10.4 Å². The molecule has 0 amide bonds. The van der Waals surface area contributed by atoms with Crippen molar-refractivity contribution < 1.29 is 64.3 Å². The minimum atomic E-state index is -4.79. The molecule has 0 aliphatic heterocycles. The van der Waals surface area contributed by atoms with Crippen molar-refractivity contribution in [3.8, 4) is 0 Å². The maximum Gasteiger partial charge on any atom is 1.00 e. The summed E-state index contributed by atoms with van der Waals surface area (Å²) in [5.74, 6) is 0. The van der Waals surface area contributed by atoms with E-state index in [-0.39, 0.29) is 51.4 Å². The number of thiophene rings is 1. The zero-order valence-corrected chi connectivity index (χ0v) is 11.1. The smallest absolute Gasteiger partial charge is 0.444 e. The van der Waals surface area contributed by atoms with Gasteiger partial charge in [-0.3, -0.25) is 0 Å². The second-order valence-electron chi connectivity index (χ2n) is 2.48. The van der Waals surface area contributed by atoms with Crippen LogP contribution in [-0.2, 0) is 0 Å². The Balaban J connectivity index is 0.00000121. The van der Waals surface area contributed by atoms with Gasteiger partial charge in [-0.05, 0) is 24.8 Å². The third kappa shape index (κ3) is 3.16. The van der Waals surface area contributed by atoms with Gasteiger partial charge in [-0.2, -0.15) is 11.3 Å². The molecule has 0 N–H and O–H groups in total. The predicted octanol–water partition coefficient (Wildman–Crippen LogP) is -0.577. The fourth-order valence-corrected chi connectivity index (χ4v) is 1.92. The molecule has 0 unspecified atom stereocenters. The zero-order valence-electron chi connectivity index (χ0n) is 7.20. The molecule has 62 valence electrons. The minimum Gasteiger partial charge on any atom is -0.444 e. The normalized spacial score (nSPS) is 11.1. The maximum atomic E-state index is 12.1. The second-order valence-corrected chi connectivity index (χ2v) is 3.77. The van der Waals surface area contributed by atoms with Crippen molar-refractivity contribution in [3.63, 3.8) is 0 Å². The van der Waals surface area contributed by atoms with E-state index in [1.54, 1.807) is 13.0 Å². The summed E-state index contributed by atoms with van der Waals surface area (Å²) in [5.41, 5.74) is 0.347. The molecule has 1 rings (SSSR count). The predicted molar refractivity (Wildman–Crippen MR) is 42.5 cm³/mol. The van der Waals surface area contributed by atoms with Crippen LogP contribution in [-0.4, -0.2) is 6.98 Å². The fourth-order valence-electron chi connectivity index (χ4n) is 0.984. The zero-order chi connectivity index (χ0) is 8.65. The molecule has 6 heteroatoms. The van der Waals surface area contributed by atoms with Gasteiger partial charge in [-0.1, -0.05) is 10.3 Å². The molecule has 12 heavy (non-hydrogen) atoms. The van der Waals surface area contributed by atoms with E-state index in [1.807, 2.05) is 0 Å². The maximum absolute atomic E-state index is 12.1. The third-order valence-electron chi connectivity index (χ3n) is 1.38. The van der Waals surface area contributed by atoms with E-state index in [2.05, 4.69) is 0 Å². The van der Waals surface area contributed by atoms with Crippen LogP contribution in [0, 0.1) is 13.8 Å². The summed E-state index contributed by atoms with van der Waals surface area (Å²) in [4.78, 5) is 0.719. The van der Waals surface area contributed by atoms with Gasteiger partial charge >= 0.3 is 58.4 Å². The van der Waals surface area contributed by atoms with Crippen molar-refractivity contribution in [2.24, 2.45) is 0 Å². The van der Waals surface area contributed by atoms with E-state index < -0.39 is 11.8 Å². The van der Waals surface area contributed by atoms with Crippen LogP contribution < -0.4 is 56.2 Å². The monoisotopic (exact) mass is 218 g/mol. The first-order valence-corrected chi connectivity index (χ1v) is 4.00. The van der Waals surface area contributed by atoms with Crippen LogP contribution in [0.25, 0.3) is 0 Å². The molecular formula is C6H7BF3KS. The van der Waals surface area contributed by atoms with Gasteiger partial charge in [-0.15, -0.1) is 0 Å². The summed E-state index contributed by atoms with van der Waals surface area (Å²) in [7, 11) is 0. The molecule has 0 aliphatic carbocycles. The summed E-state index contributed by atoms with van der Waals surface area (Å²) in [5, 5.41) is 0. The van der Waals surface area contributed by atoms with Crippen molar-refractivity contribution in [1.82, 2.24) is 0 Å². The number of hydrogen-bond acceptors (Lipinski definition) is 1. The standard InChI is InChI=1S/C6H7BF3S.K/c1-4-3-5(2)11-6(4)7(8,9)10;/h3H,1-2H3;/q-1;+1. The Morgan fingerprint density at radius 3 is 1.92 bits per heavy atom. The summed E-state index contributed by atoms with van der Waals surface area (Å²) >= 11 is 0.824. The Morgan fingerprint density at radius 2 is 1.75 bits per heavy atom. The SMILES string of the molecule is Cc1cc(C)c([B-](F)(F)F)s1.[K+]. The average Bonchev–Trinajstić information content (AvgIpc) is 2.08. The van der Waals surface area contributed by atoms with E-state index in [4.69, 9.17) is 0 Å². The molecular weight excluding hydrogens is 211 g/mol. The van der Waals surface area contributed by atoms with Gasteiger partial charge in [0.1, 0.15) is 0 Å². The number of aryl methyl sites for hydroxylation is 2. The third-order valence-corrected chi connectivity index (χ3v) is 2.63. The van der Waals surface area contributed by atoms with Crippen LogP contribution in [0.2, 0.25) is 0 Å². The van der Waals surface area contributed by atoms with Gasteiger partial charge in [0.15, 0.2) is 0 Å². The van der Waals surface area contributed by atoms with Crippen molar-refractivity contribution in [3.05, 3.63) is 16.5 Å². The number of halogens is 3. The van der Waals surface area contributed by atoms with Gasteiger partial charge in [0.05, 0.1) is 0 Å². The second kappa shape index (κ2) is 4.61. The van der Waals surface area contributed by atoms with Crippen LogP contribution in [0.15, 0.2) is 6.07 Å². The average molecular weight is 218 g/mol. The van der Waals surface area contributed by atoms with E-state index in [9.17, 15) is 12.9 Å². The molecule has 0 aromatic carbocycles. The van der Waals surface area contributed by atoms with Crippen LogP contribution in [0.5, 0.6) is 0 Å². The molecule has 1 aromatic rings. The summed E-state index contributed by atoms with van der Waals surface area (Å²) in [6.07, 6.45) is 0. The van der Waals surface area contributed by atoms with Gasteiger partial charge in [0.25, 0.3) is 0 Å². The molecule has 0 nitrogen and oxygen atoms in total. The Labute approximate surface area is 116 Å². The summed E-state index contributed by atoms with van der Waals surface area (Å²) in [6, 6.07) is 1.56. The van der Waals surface area contributed by atoms with Crippen molar-refractivity contribution >= 4 is 23.1 Å². The summed E-state index contributed by atoms with van der Waals surface area (Å²) < 4.78 is 36.0. The van der Waals surface area contributed by atoms with E-state index in [0.717, 1.165) is 16.2 Å². The van der Waals surface area contributed by atoms with Crippen molar-refractivity contribution in [1.29, 1.82) is 0 Å². The molecule has 0 atom stereocenters. The molecule has 0 saturated carbocycles. The molecule has 0 spiro atoms. The van der Waals surface area contributed by atoms with Gasteiger partial charge in [0.2, 0.25) is 0 Å². The van der Waals surface area contributed by atoms with Gasteiger partial charge in [0, 0.05) is 0 Å². The van der Waals surface area contributed by atoms with E-state index >= 15 is 0 Å².